The monoisotopic (exact) mass is 316 g/mol. The number of nitrogens with zero attached hydrogens (tertiary/aromatic N) is 2. The van der Waals surface area contributed by atoms with Crippen molar-refractivity contribution in [3.05, 3.63) is 29.8 Å². The van der Waals surface area contributed by atoms with Gasteiger partial charge in [-0.1, -0.05) is 25.0 Å². The van der Waals surface area contributed by atoms with Crippen LogP contribution in [-0.2, 0) is 19.8 Å². The van der Waals surface area contributed by atoms with Crippen LogP contribution in [0.5, 0.6) is 0 Å². The lowest BCUT2D eigenvalue weighted by Gasteiger charge is -2.32. The molecule has 3 rings (SSSR count). The second-order valence-electron chi connectivity index (χ2n) is 6.37. The number of piperazine rings is 1. The number of carboxylic acid groups (broad SMARTS) is 1. The van der Waals surface area contributed by atoms with E-state index in [0.717, 1.165) is 18.4 Å². The normalized spacial score (nSPS) is 20.9. The number of carbonyl (C=O) groups is 3. The van der Waals surface area contributed by atoms with E-state index in [1.807, 2.05) is 6.07 Å². The Morgan fingerprint density at radius 1 is 1.13 bits per heavy atom. The van der Waals surface area contributed by atoms with E-state index >= 15 is 0 Å². The van der Waals surface area contributed by atoms with Gasteiger partial charge < -0.3 is 14.9 Å². The number of carbonyl (C=O) groups excluding carboxylic acids is 2. The summed E-state index contributed by atoms with van der Waals surface area (Å²) < 4.78 is 0. The highest BCUT2D eigenvalue weighted by atomic mass is 16.4. The summed E-state index contributed by atoms with van der Waals surface area (Å²) in [5.41, 5.74) is 0.455. The second-order valence-corrected chi connectivity index (χ2v) is 6.37. The first kappa shape index (κ1) is 15.5. The first-order chi connectivity index (χ1) is 10.9. The predicted molar refractivity (Wildman–Crippen MR) is 84.2 cm³/mol. The molecule has 1 aliphatic heterocycles. The number of benzene rings is 1. The molecule has 0 radical (unpaired) electrons. The molecule has 0 bridgehead atoms. The van der Waals surface area contributed by atoms with Crippen molar-refractivity contribution in [1.29, 1.82) is 0 Å². The van der Waals surface area contributed by atoms with E-state index in [4.69, 9.17) is 0 Å². The Kier molecular flexibility index (Phi) is 3.83. The quantitative estimate of drug-likeness (QED) is 0.914. The zero-order chi connectivity index (χ0) is 16.6. The highest BCUT2D eigenvalue weighted by Crippen LogP contribution is 2.42. The van der Waals surface area contributed by atoms with Crippen LogP contribution in [0.25, 0.3) is 0 Å². The smallest absolute Gasteiger partial charge is 0.314 e. The van der Waals surface area contributed by atoms with E-state index in [-0.39, 0.29) is 24.9 Å². The van der Waals surface area contributed by atoms with Crippen molar-refractivity contribution in [2.45, 2.75) is 31.1 Å². The number of aliphatic carboxylic acids is 1. The number of hydrogen-bond acceptors (Lipinski definition) is 3. The Labute approximate surface area is 134 Å². The molecule has 2 aliphatic rings. The topological polar surface area (TPSA) is 77.9 Å². The van der Waals surface area contributed by atoms with E-state index in [1.54, 1.807) is 25.2 Å². The number of hydrogen-bond donors (Lipinski definition) is 1. The highest BCUT2D eigenvalue weighted by Gasteiger charge is 2.43. The molecular weight excluding hydrogens is 296 g/mol. The summed E-state index contributed by atoms with van der Waals surface area (Å²) in [4.78, 5) is 38.8. The molecule has 1 aromatic rings. The molecule has 1 saturated heterocycles. The summed E-state index contributed by atoms with van der Waals surface area (Å²) in [6.45, 7) is 0.0476. The van der Waals surface area contributed by atoms with Crippen molar-refractivity contribution in [3.8, 4) is 0 Å². The summed E-state index contributed by atoms with van der Waals surface area (Å²) in [6.07, 6.45) is 3.01. The van der Waals surface area contributed by atoms with Crippen LogP contribution in [0.1, 0.15) is 31.2 Å². The standard InChI is InChI=1S/C17H20N2O4/c1-18-10-15(21)19(11-14(18)20)13-6-4-5-12(9-13)17(16(22)23)7-2-3-8-17/h4-6,9H,2-3,7-8,10-11H2,1H3,(H,22,23). The minimum Gasteiger partial charge on any atom is -0.481 e. The van der Waals surface area contributed by atoms with Crippen LogP contribution < -0.4 is 4.90 Å². The van der Waals surface area contributed by atoms with Crippen LogP contribution in [0.4, 0.5) is 5.69 Å². The highest BCUT2D eigenvalue weighted by molar-refractivity contribution is 6.04. The molecule has 0 atom stereocenters. The Morgan fingerprint density at radius 2 is 1.83 bits per heavy atom. The molecule has 1 aliphatic carbocycles. The van der Waals surface area contributed by atoms with Gasteiger partial charge in [0.05, 0.1) is 12.0 Å². The van der Waals surface area contributed by atoms with Crippen LogP contribution in [0.3, 0.4) is 0 Å². The fourth-order valence-electron chi connectivity index (χ4n) is 3.53. The molecule has 0 spiro atoms. The lowest BCUT2D eigenvalue weighted by Crippen LogP contribution is -2.52. The van der Waals surface area contributed by atoms with E-state index in [0.29, 0.717) is 18.5 Å². The molecule has 0 unspecified atom stereocenters. The molecule has 23 heavy (non-hydrogen) atoms. The van der Waals surface area contributed by atoms with Crippen LogP contribution in [0.2, 0.25) is 0 Å². The SMILES string of the molecule is CN1CC(=O)N(c2cccc(C3(C(=O)O)CCCC3)c2)CC1=O. The molecule has 2 fully saturated rings. The molecule has 1 aromatic carbocycles. The summed E-state index contributed by atoms with van der Waals surface area (Å²) >= 11 is 0. The first-order valence-electron chi connectivity index (χ1n) is 7.82. The van der Waals surface area contributed by atoms with Gasteiger partial charge >= 0.3 is 5.97 Å². The number of amides is 2. The zero-order valence-electron chi connectivity index (χ0n) is 13.1. The fraction of sp³-hybridized carbons (Fsp3) is 0.471. The summed E-state index contributed by atoms with van der Waals surface area (Å²) in [7, 11) is 1.60. The van der Waals surface area contributed by atoms with Gasteiger partial charge in [0, 0.05) is 12.7 Å². The van der Waals surface area contributed by atoms with Gasteiger partial charge in [0.25, 0.3) is 0 Å². The maximum atomic E-state index is 12.2. The molecule has 1 saturated carbocycles. The van der Waals surface area contributed by atoms with Gasteiger partial charge in [-0.3, -0.25) is 14.4 Å². The molecule has 6 nitrogen and oxygen atoms in total. The number of rotatable bonds is 3. The minimum atomic E-state index is -0.865. The summed E-state index contributed by atoms with van der Waals surface area (Å²) in [5, 5.41) is 9.71. The van der Waals surface area contributed by atoms with Gasteiger partial charge in [-0.2, -0.15) is 0 Å². The van der Waals surface area contributed by atoms with Crippen molar-refractivity contribution in [1.82, 2.24) is 4.90 Å². The molecule has 2 amide bonds. The molecule has 0 aromatic heterocycles. The third-order valence-electron chi connectivity index (χ3n) is 4.97. The summed E-state index contributed by atoms with van der Waals surface area (Å²) in [5.74, 6) is -1.09. The van der Waals surface area contributed by atoms with Gasteiger partial charge in [0.15, 0.2) is 0 Å². The fourth-order valence-corrected chi connectivity index (χ4v) is 3.53. The van der Waals surface area contributed by atoms with Crippen LogP contribution >= 0.6 is 0 Å². The average molecular weight is 316 g/mol. The van der Waals surface area contributed by atoms with Gasteiger partial charge in [-0.15, -0.1) is 0 Å². The van der Waals surface area contributed by atoms with E-state index in [9.17, 15) is 19.5 Å². The van der Waals surface area contributed by atoms with Crippen molar-refractivity contribution in [2.75, 3.05) is 25.0 Å². The van der Waals surface area contributed by atoms with Crippen LogP contribution in [-0.4, -0.2) is 47.9 Å². The Balaban J connectivity index is 1.95. The second kappa shape index (κ2) is 5.68. The van der Waals surface area contributed by atoms with Crippen molar-refractivity contribution < 1.29 is 19.5 Å². The zero-order valence-corrected chi connectivity index (χ0v) is 13.1. The van der Waals surface area contributed by atoms with Crippen molar-refractivity contribution in [2.24, 2.45) is 0 Å². The number of likely N-dealkylation sites (N-methyl/N-ethyl adjacent to an activating group) is 1. The maximum Gasteiger partial charge on any atom is 0.314 e. The number of anilines is 1. The predicted octanol–water partition coefficient (Wildman–Crippen LogP) is 1.39. The van der Waals surface area contributed by atoms with Crippen LogP contribution in [0, 0.1) is 0 Å². The first-order valence-corrected chi connectivity index (χ1v) is 7.82. The van der Waals surface area contributed by atoms with Crippen LogP contribution in [0.15, 0.2) is 24.3 Å². The third-order valence-corrected chi connectivity index (χ3v) is 4.97. The van der Waals surface area contributed by atoms with Crippen molar-refractivity contribution >= 4 is 23.5 Å². The molecular formula is C17H20N2O4. The Morgan fingerprint density at radius 3 is 2.48 bits per heavy atom. The molecule has 1 heterocycles. The third kappa shape index (κ3) is 2.58. The summed E-state index contributed by atoms with van der Waals surface area (Å²) in [6, 6.07) is 7.09. The van der Waals surface area contributed by atoms with Gasteiger partial charge in [0.2, 0.25) is 11.8 Å². The average Bonchev–Trinajstić information content (AvgIpc) is 3.02. The van der Waals surface area contributed by atoms with E-state index in [1.165, 1.54) is 9.80 Å². The van der Waals surface area contributed by atoms with E-state index < -0.39 is 11.4 Å². The lowest BCUT2D eigenvalue weighted by molar-refractivity contribution is -0.143. The van der Waals surface area contributed by atoms with Gasteiger partial charge in [0.1, 0.15) is 6.54 Å². The Bertz CT molecular complexity index is 664. The van der Waals surface area contributed by atoms with Gasteiger partial charge in [-0.25, -0.2) is 0 Å². The van der Waals surface area contributed by atoms with Crippen molar-refractivity contribution in [3.63, 3.8) is 0 Å². The minimum absolute atomic E-state index is 0.00113. The maximum absolute atomic E-state index is 12.2. The largest absolute Gasteiger partial charge is 0.481 e. The van der Waals surface area contributed by atoms with Gasteiger partial charge in [-0.05, 0) is 30.5 Å². The Hall–Kier alpha value is -2.37. The number of carboxylic acids is 1. The van der Waals surface area contributed by atoms with E-state index in [2.05, 4.69) is 0 Å². The molecule has 6 heteroatoms. The molecule has 122 valence electrons. The molecule has 1 N–H and O–H groups in total. The lowest BCUT2D eigenvalue weighted by atomic mass is 9.79.